The van der Waals surface area contributed by atoms with Gasteiger partial charge in [-0.1, -0.05) is 22.9 Å². The van der Waals surface area contributed by atoms with Crippen molar-refractivity contribution >= 4 is 49.9 Å². The first-order valence-corrected chi connectivity index (χ1v) is 7.87. The molecule has 2 aromatic carbocycles. The third-order valence-corrected chi connectivity index (χ3v) is 4.47. The Bertz CT molecular complexity index is 957. The molecular weight excluding hydrogens is 354 g/mol. The van der Waals surface area contributed by atoms with E-state index in [-0.39, 0.29) is 16.3 Å². The number of amides is 1. The van der Waals surface area contributed by atoms with Gasteiger partial charge in [-0.25, -0.2) is 4.98 Å². The van der Waals surface area contributed by atoms with Crippen molar-refractivity contribution in [1.29, 1.82) is 0 Å². The van der Waals surface area contributed by atoms with Gasteiger partial charge in [0.1, 0.15) is 5.75 Å². The maximum absolute atomic E-state index is 12.3. The monoisotopic (exact) mass is 363 g/mol. The van der Waals surface area contributed by atoms with Crippen molar-refractivity contribution in [2.45, 2.75) is 0 Å². The van der Waals surface area contributed by atoms with E-state index in [0.29, 0.717) is 10.9 Å². The topological polar surface area (TPSA) is 94.4 Å². The minimum atomic E-state index is -0.575. The second-order valence-electron chi connectivity index (χ2n) is 4.73. The maximum Gasteiger partial charge on any atom is 0.270 e. The fourth-order valence-electron chi connectivity index (χ4n) is 2.05. The molecule has 9 heteroatoms. The van der Waals surface area contributed by atoms with Crippen LogP contribution in [0.5, 0.6) is 5.75 Å². The molecule has 0 saturated carbocycles. The van der Waals surface area contributed by atoms with Crippen LogP contribution in [0.4, 0.5) is 10.8 Å². The molecule has 1 heterocycles. The molecule has 1 amide bonds. The summed E-state index contributed by atoms with van der Waals surface area (Å²) in [6.45, 7) is 0. The predicted octanol–water partition coefficient (Wildman–Crippen LogP) is 4.12. The average molecular weight is 364 g/mol. The molecule has 1 aromatic heterocycles. The van der Waals surface area contributed by atoms with E-state index in [9.17, 15) is 14.9 Å². The minimum absolute atomic E-state index is 0.00415. The Morgan fingerprint density at radius 1 is 1.33 bits per heavy atom. The molecular formula is C15H10ClN3O4S. The van der Waals surface area contributed by atoms with Gasteiger partial charge < -0.3 is 4.74 Å². The van der Waals surface area contributed by atoms with E-state index in [1.807, 2.05) is 6.07 Å². The second-order valence-corrected chi connectivity index (χ2v) is 6.17. The van der Waals surface area contributed by atoms with Crippen LogP contribution in [0.25, 0.3) is 10.2 Å². The number of ether oxygens (including phenoxy) is 1. The highest BCUT2D eigenvalue weighted by atomic mass is 35.5. The number of nitro groups is 1. The number of hydrogen-bond acceptors (Lipinski definition) is 6. The Kier molecular flexibility index (Phi) is 4.32. The summed E-state index contributed by atoms with van der Waals surface area (Å²) >= 11 is 7.24. The van der Waals surface area contributed by atoms with Crippen molar-refractivity contribution in [2.24, 2.45) is 0 Å². The number of rotatable bonds is 4. The number of nitro benzene ring substituents is 1. The number of nitrogens with one attached hydrogen (secondary N) is 1. The third-order valence-electron chi connectivity index (χ3n) is 3.22. The number of aromatic nitrogens is 1. The number of carbonyl (C=O) groups is 1. The number of fused-ring (bicyclic) bond motifs is 1. The van der Waals surface area contributed by atoms with Gasteiger partial charge >= 0.3 is 0 Å². The molecule has 122 valence electrons. The van der Waals surface area contributed by atoms with Gasteiger partial charge in [0.05, 0.1) is 32.8 Å². The van der Waals surface area contributed by atoms with E-state index < -0.39 is 10.8 Å². The fourth-order valence-corrected chi connectivity index (χ4v) is 3.20. The molecule has 0 spiro atoms. The summed E-state index contributed by atoms with van der Waals surface area (Å²) in [4.78, 5) is 26.7. The number of anilines is 1. The highest BCUT2D eigenvalue weighted by Crippen LogP contribution is 2.30. The number of hydrogen-bond donors (Lipinski definition) is 1. The van der Waals surface area contributed by atoms with E-state index >= 15 is 0 Å². The van der Waals surface area contributed by atoms with Crippen LogP contribution in [0, 0.1) is 10.1 Å². The minimum Gasteiger partial charge on any atom is -0.497 e. The lowest BCUT2D eigenvalue weighted by Crippen LogP contribution is -2.12. The lowest BCUT2D eigenvalue weighted by molar-refractivity contribution is -0.384. The van der Waals surface area contributed by atoms with Gasteiger partial charge in [-0.2, -0.15) is 0 Å². The number of non-ortho nitro benzene ring substituents is 1. The van der Waals surface area contributed by atoms with Crippen molar-refractivity contribution in [3.8, 4) is 5.75 Å². The van der Waals surface area contributed by atoms with Crippen LogP contribution < -0.4 is 10.1 Å². The van der Waals surface area contributed by atoms with E-state index in [4.69, 9.17) is 16.3 Å². The predicted molar refractivity (Wildman–Crippen MR) is 92.2 cm³/mol. The van der Waals surface area contributed by atoms with Gasteiger partial charge in [0.2, 0.25) is 0 Å². The van der Waals surface area contributed by atoms with Crippen molar-refractivity contribution in [2.75, 3.05) is 12.4 Å². The van der Waals surface area contributed by atoms with Gasteiger partial charge in [0, 0.05) is 12.1 Å². The lowest BCUT2D eigenvalue weighted by Gasteiger charge is -2.03. The van der Waals surface area contributed by atoms with Crippen LogP contribution in [0.3, 0.4) is 0 Å². The first-order valence-electron chi connectivity index (χ1n) is 6.68. The van der Waals surface area contributed by atoms with Gasteiger partial charge in [-0.15, -0.1) is 0 Å². The standard InChI is InChI=1S/C15H10ClN3O4S/c1-23-9-3-5-12-13(7-9)24-15(17-12)18-14(20)10-4-2-8(19(21)22)6-11(10)16/h2-7H,1H3,(H,17,18,20). The van der Waals surface area contributed by atoms with Gasteiger partial charge in [-0.05, 0) is 24.3 Å². The summed E-state index contributed by atoms with van der Waals surface area (Å²) in [5.41, 5.74) is 0.689. The Labute approximate surface area is 145 Å². The van der Waals surface area contributed by atoms with Crippen molar-refractivity contribution in [3.05, 3.63) is 57.1 Å². The van der Waals surface area contributed by atoms with Gasteiger partial charge in [0.15, 0.2) is 5.13 Å². The van der Waals surface area contributed by atoms with Crippen LogP contribution in [-0.2, 0) is 0 Å². The highest BCUT2D eigenvalue weighted by Gasteiger charge is 2.16. The zero-order chi connectivity index (χ0) is 17.3. The third kappa shape index (κ3) is 3.15. The lowest BCUT2D eigenvalue weighted by atomic mass is 10.2. The largest absolute Gasteiger partial charge is 0.497 e. The van der Waals surface area contributed by atoms with Crippen LogP contribution in [0.1, 0.15) is 10.4 Å². The molecule has 0 fully saturated rings. The number of nitrogens with zero attached hydrogens (tertiary/aromatic N) is 2. The zero-order valence-corrected chi connectivity index (χ0v) is 13.9. The quantitative estimate of drug-likeness (QED) is 0.555. The summed E-state index contributed by atoms with van der Waals surface area (Å²) in [6, 6.07) is 9.07. The molecule has 0 saturated heterocycles. The molecule has 0 bridgehead atoms. The van der Waals surface area contributed by atoms with Crippen LogP contribution in [0.15, 0.2) is 36.4 Å². The number of benzene rings is 2. The number of methoxy groups -OCH3 is 1. The smallest absolute Gasteiger partial charge is 0.270 e. The molecule has 0 aliphatic rings. The Morgan fingerprint density at radius 3 is 2.79 bits per heavy atom. The second kappa shape index (κ2) is 6.42. The zero-order valence-electron chi connectivity index (χ0n) is 12.3. The number of halogens is 1. The normalized spacial score (nSPS) is 10.6. The molecule has 1 N–H and O–H groups in total. The Hall–Kier alpha value is -2.71. The maximum atomic E-state index is 12.3. The fraction of sp³-hybridized carbons (Fsp3) is 0.0667. The average Bonchev–Trinajstić information content (AvgIpc) is 2.95. The van der Waals surface area contributed by atoms with Gasteiger partial charge in [-0.3, -0.25) is 20.2 Å². The molecule has 0 radical (unpaired) electrons. The summed E-state index contributed by atoms with van der Waals surface area (Å²) < 4.78 is 6.01. The molecule has 0 aliphatic heterocycles. The van der Waals surface area contributed by atoms with Crippen molar-refractivity contribution in [3.63, 3.8) is 0 Å². The SMILES string of the molecule is COc1ccc2nc(NC(=O)c3ccc([N+](=O)[O-])cc3Cl)sc2c1. The highest BCUT2D eigenvalue weighted by molar-refractivity contribution is 7.22. The molecule has 3 rings (SSSR count). The number of thiazole rings is 1. The first-order chi connectivity index (χ1) is 11.5. The molecule has 0 aliphatic carbocycles. The summed E-state index contributed by atoms with van der Waals surface area (Å²) in [5, 5.41) is 13.8. The molecule has 0 atom stereocenters. The summed E-state index contributed by atoms with van der Waals surface area (Å²) in [6.07, 6.45) is 0. The number of carbonyl (C=O) groups excluding carboxylic acids is 1. The van der Waals surface area contributed by atoms with Gasteiger partial charge in [0.25, 0.3) is 11.6 Å². The van der Waals surface area contributed by atoms with Crippen molar-refractivity contribution in [1.82, 2.24) is 4.98 Å². The van der Waals surface area contributed by atoms with E-state index in [1.54, 1.807) is 19.2 Å². The van der Waals surface area contributed by atoms with Crippen molar-refractivity contribution < 1.29 is 14.5 Å². The van der Waals surface area contributed by atoms with Crippen LogP contribution >= 0.6 is 22.9 Å². The first kappa shape index (κ1) is 16.2. The molecule has 7 nitrogen and oxygen atoms in total. The van der Waals surface area contributed by atoms with Crippen LogP contribution in [0.2, 0.25) is 5.02 Å². The van der Waals surface area contributed by atoms with E-state index in [0.717, 1.165) is 16.3 Å². The summed E-state index contributed by atoms with van der Waals surface area (Å²) in [5.74, 6) is 0.211. The Balaban J connectivity index is 1.85. The Morgan fingerprint density at radius 2 is 2.12 bits per heavy atom. The van der Waals surface area contributed by atoms with Crippen LogP contribution in [-0.4, -0.2) is 22.9 Å². The van der Waals surface area contributed by atoms with E-state index in [2.05, 4.69) is 10.3 Å². The van der Waals surface area contributed by atoms with E-state index in [1.165, 1.54) is 23.5 Å². The summed E-state index contributed by atoms with van der Waals surface area (Å²) in [7, 11) is 1.57. The molecule has 24 heavy (non-hydrogen) atoms. The molecule has 3 aromatic rings. The molecule has 0 unspecified atom stereocenters.